The van der Waals surface area contributed by atoms with Gasteiger partial charge in [0.1, 0.15) is 6.04 Å². The number of imide groups is 1. The fourth-order valence-corrected chi connectivity index (χ4v) is 3.34. The third kappa shape index (κ3) is 3.86. The average molecular weight is 374 g/mol. The first kappa shape index (κ1) is 18.7. The maximum absolute atomic E-state index is 12.7. The van der Waals surface area contributed by atoms with Crippen LogP contribution in [0.15, 0.2) is 23.0 Å². The molecule has 3 rings (SSSR count). The van der Waals surface area contributed by atoms with E-state index in [2.05, 4.69) is 10.6 Å². The predicted octanol–water partition coefficient (Wildman–Crippen LogP) is 0.984. The first-order valence-corrected chi connectivity index (χ1v) is 8.89. The first-order chi connectivity index (χ1) is 12.9. The molecule has 1 aliphatic heterocycles. The lowest BCUT2D eigenvalue weighted by Gasteiger charge is -2.21. The van der Waals surface area contributed by atoms with Crippen LogP contribution in [-0.4, -0.2) is 38.6 Å². The summed E-state index contributed by atoms with van der Waals surface area (Å²) in [6.07, 6.45) is 1.96. The van der Waals surface area contributed by atoms with E-state index in [1.807, 2.05) is 12.1 Å². The highest BCUT2D eigenvalue weighted by Gasteiger charge is 2.31. The summed E-state index contributed by atoms with van der Waals surface area (Å²) < 4.78 is 2.92. The Balaban J connectivity index is 1.81. The molecule has 1 aromatic carbocycles. The number of hydrogen-bond donors (Lipinski definition) is 3. The SMILES string of the molecule is Cn1c(=O)n(C2CCC(=O)NC2=O)c2ccc(NCCCCC(=O)O)cc21. The zero-order valence-electron chi connectivity index (χ0n) is 15.0. The second kappa shape index (κ2) is 7.65. The highest BCUT2D eigenvalue weighted by molar-refractivity contribution is 6.00. The molecule has 3 N–H and O–H groups in total. The molecule has 2 amide bonds. The molecule has 0 aliphatic carbocycles. The van der Waals surface area contributed by atoms with E-state index < -0.39 is 17.9 Å². The van der Waals surface area contributed by atoms with Gasteiger partial charge in [-0.2, -0.15) is 0 Å². The van der Waals surface area contributed by atoms with Crippen LogP contribution in [0.25, 0.3) is 11.0 Å². The van der Waals surface area contributed by atoms with Gasteiger partial charge in [-0.05, 0) is 37.5 Å². The number of nitrogens with one attached hydrogen (secondary N) is 2. The van der Waals surface area contributed by atoms with Gasteiger partial charge in [-0.25, -0.2) is 4.79 Å². The van der Waals surface area contributed by atoms with Gasteiger partial charge in [-0.3, -0.25) is 28.8 Å². The number of carbonyl (C=O) groups is 3. The van der Waals surface area contributed by atoms with Crippen LogP contribution in [-0.2, 0) is 21.4 Å². The molecule has 1 aromatic heterocycles. The van der Waals surface area contributed by atoms with Crippen LogP contribution in [0.2, 0.25) is 0 Å². The van der Waals surface area contributed by atoms with Gasteiger partial charge in [-0.15, -0.1) is 0 Å². The number of nitrogens with zero attached hydrogens (tertiary/aromatic N) is 2. The van der Waals surface area contributed by atoms with Crippen LogP contribution in [0.3, 0.4) is 0 Å². The molecule has 0 spiro atoms. The lowest BCUT2D eigenvalue weighted by atomic mass is 10.1. The highest BCUT2D eigenvalue weighted by atomic mass is 16.4. The number of carbonyl (C=O) groups excluding carboxylic acids is 2. The lowest BCUT2D eigenvalue weighted by molar-refractivity contribution is -0.137. The zero-order chi connectivity index (χ0) is 19.6. The number of unbranched alkanes of at least 4 members (excludes halogenated alkanes) is 1. The number of imidazole rings is 1. The first-order valence-electron chi connectivity index (χ1n) is 8.89. The number of aliphatic carboxylic acids is 1. The van der Waals surface area contributed by atoms with Crippen LogP contribution >= 0.6 is 0 Å². The summed E-state index contributed by atoms with van der Waals surface area (Å²) in [6.45, 7) is 0.626. The Morgan fingerprint density at radius 3 is 2.74 bits per heavy atom. The summed E-state index contributed by atoms with van der Waals surface area (Å²) in [5.74, 6) is -1.58. The van der Waals surface area contributed by atoms with Crippen molar-refractivity contribution < 1.29 is 19.5 Å². The summed E-state index contributed by atoms with van der Waals surface area (Å²) >= 11 is 0. The maximum Gasteiger partial charge on any atom is 0.329 e. The van der Waals surface area contributed by atoms with Crippen molar-refractivity contribution in [2.75, 3.05) is 11.9 Å². The second-order valence-corrected chi connectivity index (χ2v) is 6.66. The third-order valence-corrected chi connectivity index (χ3v) is 4.76. The number of fused-ring (bicyclic) bond motifs is 1. The standard InChI is InChI=1S/C18H22N4O5/c1-21-14-10-11(19-9-3-2-4-16(24)25)5-6-12(14)22(18(21)27)13-7-8-15(23)20-17(13)26/h5-6,10,13,19H,2-4,7-9H2,1H3,(H,24,25)(H,20,23,26). The maximum atomic E-state index is 12.7. The van der Waals surface area contributed by atoms with Crippen LogP contribution in [0.1, 0.15) is 38.1 Å². The van der Waals surface area contributed by atoms with E-state index in [0.29, 0.717) is 30.4 Å². The van der Waals surface area contributed by atoms with Gasteiger partial charge in [-0.1, -0.05) is 0 Å². The monoisotopic (exact) mass is 374 g/mol. The fourth-order valence-electron chi connectivity index (χ4n) is 3.34. The van der Waals surface area contributed by atoms with Crippen molar-refractivity contribution in [2.45, 2.75) is 38.1 Å². The van der Waals surface area contributed by atoms with E-state index in [-0.39, 0.29) is 24.4 Å². The zero-order valence-corrected chi connectivity index (χ0v) is 15.0. The molecule has 144 valence electrons. The Bertz CT molecular complexity index is 959. The van der Waals surface area contributed by atoms with Gasteiger partial charge in [0.05, 0.1) is 11.0 Å². The number of carboxylic acid groups (broad SMARTS) is 1. The normalized spacial score (nSPS) is 17.1. The number of benzene rings is 1. The molecule has 9 heteroatoms. The van der Waals surface area contributed by atoms with Crippen molar-refractivity contribution in [1.29, 1.82) is 0 Å². The van der Waals surface area contributed by atoms with Gasteiger partial charge in [0, 0.05) is 32.1 Å². The fraction of sp³-hybridized carbons (Fsp3) is 0.444. The molecule has 1 unspecified atom stereocenters. The van der Waals surface area contributed by atoms with Crippen molar-refractivity contribution in [1.82, 2.24) is 14.5 Å². The Hall–Kier alpha value is -3.10. The van der Waals surface area contributed by atoms with Crippen LogP contribution in [0.4, 0.5) is 5.69 Å². The average Bonchev–Trinajstić information content (AvgIpc) is 2.86. The molecule has 27 heavy (non-hydrogen) atoms. The van der Waals surface area contributed by atoms with Crippen LogP contribution < -0.4 is 16.3 Å². The summed E-state index contributed by atoms with van der Waals surface area (Å²) in [5, 5.41) is 14.2. The molecular weight excluding hydrogens is 352 g/mol. The Morgan fingerprint density at radius 1 is 1.26 bits per heavy atom. The molecule has 1 atom stereocenters. The summed E-state index contributed by atoms with van der Waals surface area (Å²) in [5.41, 5.74) is 1.82. The molecule has 2 heterocycles. The van der Waals surface area contributed by atoms with E-state index in [1.165, 1.54) is 9.13 Å². The number of rotatable bonds is 7. The van der Waals surface area contributed by atoms with Crippen molar-refractivity contribution in [3.8, 4) is 0 Å². The van der Waals surface area contributed by atoms with Crippen molar-refractivity contribution in [3.63, 3.8) is 0 Å². The third-order valence-electron chi connectivity index (χ3n) is 4.76. The van der Waals surface area contributed by atoms with Gasteiger partial charge in [0.25, 0.3) is 0 Å². The van der Waals surface area contributed by atoms with Gasteiger partial charge in [0.15, 0.2) is 0 Å². The molecule has 2 aromatic rings. The smallest absolute Gasteiger partial charge is 0.329 e. The topological polar surface area (TPSA) is 122 Å². The van der Waals surface area contributed by atoms with E-state index in [1.54, 1.807) is 13.1 Å². The summed E-state index contributed by atoms with van der Waals surface area (Å²) in [4.78, 5) is 46.7. The molecule has 0 saturated carbocycles. The quantitative estimate of drug-likeness (QED) is 0.491. The van der Waals surface area contributed by atoms with Gasteiger partial charge < -0.3 is 10.4 Å². The highest BCUT2D eigenvalue weighted by Crippen LogP contribution is 2.25. The number of amides is 2. The van der Waals surface area contributed by atoms with Gasteiger partial charge in [0.2, 0.25) is 11.8 Å². The van der Waals surface area contributed by atoms with E-state index in [9.17, 15) is 19.2 Å². The van der Waals surface area contributed by atoms with Gasteiger partial charge >= 0.3 is 11.7 Å². The molecule has 9 nitrogen and oxygen atoms in total. The van der Waals surface area contributed by atoms with Crippen molar-refractivity contribution in [2.24, 2.45) is 7.05 Å². The second-order valence-electron chi connectivity index (χ2n) is 6.66. The Morgan fingerprint density at radius 2 is 2.04 bits per heavy atom. The van der Waals surface area contributed by atoms with E-state index >= 15 is 0 Å². The number of aromatic nitrogens is 2. The summed E-state index contributed by atoms with van der Waals surface area (Å²) in [6, 6.07) is 4.73. The predicted molar refractivity (Wildman–Crippen MR) is 98.6 cm³/mol. The summed E-state index contributed by atoms with van der Waals surface area (Å²) in [7, 11) is 1.64. The minimum absolute atomic E-state index is 0.143. The molecule has 0 bridgehead atoms. The molecule has 1 saturated heterocycles. The van der Waals surface area contributed by atoms with Crippen molar-refractivity contribution in [3.05, 3.63) is 28.7 Å². The number of piperidine rings is 1. The number of aryl methyl sites for hydroxylation is 1. The van der Waals surface area contributed by atoms with E-state index in [0.717, 1.165) is 12.1 Å². The van der Waals surface area contributed by atoms with E-state index in [4.69, 9.17) is 5.11 Å². The Kier molecular flexibility index (Phi) is 5.29. The molecule has 1 aliphatic rings. The molecular formula is C18H22N4O5. The number of anilines is 1. The van der Waals surface area contributed by atoms with Crippen LogP contribution in [0, 0.1) is 0 Å². The minimum Gasteiger partial charge on any atom is -0.481 e. The lowest BCUT2D eigenvalue weighted by Crippen LogP contribution is -2.44. The van der Waals surface area contributed by atoms with Crippen molar-refractivity contribution >= 4 is 34.5 Å². The molecule has 0 radical (unpaired) electrons. The van der Waals surface area contributed by atoms with Crippen LogP contribution in [0.5, 0.6) is 0 Å². The Labute approximate surface area is 155 Å². The number of hydrogen-bond acceptors (Lipinski definition) is 5. The number of carboxylic acids is 1. The minimum atomic E-state index is -0.804. The largest absolute Gasteiger partial charge is 0.481 e. The molecule has 1 fully saturated rings.